The highest BCUT2D eigenvalue weighted by atomic mass is 16.2. The van der Waals surface area contributed by atoms with E-state index < -0.39 is 0 Å². The molecule has 0 aliphatic rings. The molecule has 0 aliphatic carbocycles. The first-order valence-electron chi connectivity index (χ1n) is 5.53. The molecule has 0 fully saturated rings. The first-order chi connectivity index (χ1) is 6.58. The van der Waals surface area contributed by atoms with Crippen LogP contribution < -0.4 is 10.6 Å². The van der Waals surface area contributed by atoms with Crippen molar-refractivity contribution in [1.82, 2.24) is 10.6 Å². The Morgan fingerprint density at radius 1 is 1.29 bits per heavy atom. The third-order valence-electron chi connectivity index (χ3n) is 2.95. The predicted octanol–water partition coefficient (Wildman–Crippen LogP) is 2.52. The summed E-state index contributed by atoms with van der Waals surface area (Å²) in [6.45, 7) is 7.49. The van der Waals surface area contributed by atoms with E-state index in [4.69, 9.17) is 0 Å². The Morgan fingerprint density at radius 2 is 1.93 bits per heavy atom. The summed E-state index contributed by atoms with van der Waals surface area (Å²) < 4.78 is 0. The van der Waals surface area contributed by atoms with Crippen LogP contribution in [-0.4, -0.2) is 19.6 Å². The lowest BCUT2D eigenvalue weighted by molar-refractivity contribution is 0.232. The minimum absolute atomic E-state index is 0.0834. The summed E-state index contributed by atoms with van der Waals surface area (Å²) in [4.78, 5) is 10.9. The molecule has 0 bridgehead atoms. The molecule has 0 heterocycles. The van der Waals surface area contributed by atoms with Crippen molar-refractivity contribution < 1.29 is 4.79 Å². The van der Waals surface area contributed by atoms with Crippen LogP contribution in [0.4, 0.5) is 4.79 Å². The smallest absolute Gasteiger partial charge is 0.314 e. The normalized spacial score (nSPS) is 14.6. The number of hydrogen-bond donors (Lipinski definition) is 2. The number of rotatable bonds is 6. The molecule has 84 valence electrons. The van der Waals surface area contributed by atoms with Crippen molar-refractivity contribution in [2.45, 2.75) is 46.5 Å². The Labute approximate surface area is 87.6 Å². The second-order valence-corrected chi connectivity index (χ2v) is 4.17. The molecule has 3 nitrogen and oxygen atoms in total. The molecule has 0 aromatic rings. The molecule has 0 radical (unpaired) electrons. The third-order valence-corrected chi connectivity index (χ3v) is 2.95. The molecule has 14 heavy (non-hydrogen) atoms. The highest BCUT2D eigenvalue weighted by molar-refractivity contribution is 5.73. The zero-order valence-corrected chi connectivity index (χ0v) is 9.94. The molecule has 1 atom stereocenters. The van der Waals surface area contributed by atoms with Crippen molar-refractivity contribution in [2.75, 3.05) is 13.6 Å². The summed E-state index contributed by atoms with van der Waals surface area (Å²) in [7, 11) is 1.64. The number of nitrogens with one attached hydrogen (secondary N) is 2. The highest BCUT2D eigenvalue weighted by Gasteiger charge is 2.20. The van der Waals surface area contributed by atoms with E-state index in [2.05, 4.69) is 31.4 Å². The Morgan fingerprint density at radius 3 is 2.36 bits per heavy atom. The first-order valence-corrected chi connectivity index (χ1v) is 5.53. The molecule has 1 unspecified atom stereocenters. The summed E-state index contributed by atoms with van der Waals surface area (Å²) in [6, 6.07) is -0.0834. The van der Waals surface area contributed by atoms with Crippen molar-refractivity contribution >= 4 is 6.03 Å². The van der Waals surface area contributed by atoms with Gasteiger partial charge in [0.1, 0.15) is 0 Å². The molecule has 0 saturated heterocycles. The van der Waals surface area contributed by atoms with Crippen LogP contribution in [0, 0.1) is 5.41 Å². The first kappa shape index (κ1) is 13.3. The standard InChI is InChI=1S/C11H24N2O/c1-5-7-11(3,6-2)8-9-13-10(14)12-4/h5-9H2,1-4H3,(H2,12,13,14). The Hall–Kier alpha value is -0.730. The highest BCUT2D eigenvalue weighted by Crippen LogP contribution is 2.30. The van der Waals surface area contributed by atoms with Crippen molar-refractivity contribution in [1.29, 1.82) is 0 Å². The summed E-state index contributed by atoms with van der Waals surface area (Å²) in [5, 5.41) is 5.38. The molecule has 0 saturated carbocycles. The van der Waals surface area contributed by atoms with Gasteiger partial charge in [0.25, 0.3) is 0 Å². The van der Waals surface area contributed by atoms with Gasteiger partial charge in [0.15, 0.2) is 0 Å². The quantitative estimate of drug-likeness (QED) is 0.679. The van der Waals surface area contributed by atoms with E-state index in [-0.39, 0.29) is 6.03 Å². The lowest BCUT2D eigenvalue weighted by Crippen LogP contribution is -2.35. The predicted molar refractivity (Wildman–Crippen MR) is 60.4 cm³/mol. The largest absolute Gasteiger partial charge is 0.341 e. The van der Waals surface area contributed by atoms with E-state index in [0.29, 0.717) is 5.41 Å². The summed E-state index contributed by atoms with van der Waals surface area (Å²) in [5.41, 5.74) is 0.385. The van der Waals surface area contributed by atoms with Gasteiger partial charge >= 0.3 is 6.03 Å². The molecule has 2 N–H and O–H groups in total. The van der Waals surface area contributed by atoms with Crippen molar-refractivity contribution in [2.24, 2.45) is 5.41 Å². The van der Waals surface area contributed by atoms with E-state index in [1.54, 1.807) is 7.05 Å². The van der Waals surface area contributed by atoms with Gasteiger partial charge in [-0.2, -0.15) is 0 Å². The van der Waals surface area contributed by atoms with E-state index in [1.807, 2.05) is 0 Å². The molecule has 0 aliphatic heterocycles. The Balaban J connectivity index is 3.77. The number of urea groups is 1. The molecule has 0 spiro atoms. The van der Waals surface area contributed by atoms with E-state index in [9.17, 15) is 4.79 Å². The monoisotopic (exact) mass is 200 g/mol. The van der Waals surface area contributed by atoms with Gasteiger partial charge in [0, 0.05) is 13.6 Å². The molecular formula is C11H24N2O. The lowest BCUT2D eigenvalue weighted by Gasteiger charge is -2.27. The summed E-state index contributed by atoms with van der Waals surface area (Å²) in [5.74, 6) is 0. The van der Waals surface area contributed by atoms with Crippen molar-refractivity contribution in [3.63, 3.8) is 0 Å². The average Bonchev–Trinajstić information content (AvgIpc) is 2.18. The van der Waals surface area contributed by atoms with Gasteiger partial charge in [0.05, 0.1) is 0 Å². The molecular weight excluding hydrogens is 176 g/mol. The van der Waals surface area contributed by atoms with E-state index in [1.165, 1.54) is 19.3 Å². The third kappa shape index (κ3) is 5.10. The number of carbonyl (C=O) groups is 1. The lowest BCUT2D eigenvalue weighted by atomic mass is 9.80. The topological polar surface area (TPSA) is 41.1 Å². The summed E-state index contributed by atoms with van der Waals surface area (Å²) in [6.07, 6.45) is 4.68. The molecule has 0 rings (SSSR count). The minimum Gasteiger partial charge on any atom is -0.341 e. The second-order valence-electron chi connectivity index (χ2n) is 4.17. The van der Waals surface area contributed by atoms with Crippen molar-refractivity contribution in [3.05, 3.63) is 0 Å². The van der Waals surface area contributed by atoms with Gasteiger partial charge in [-0.3, -0.25) is 0 Å². The van der Waals surface area contributed by atoms with Crippen LogP contribution in [-0.2, 0) is 0 Å². The van der Waals surface area contributed by atoms with Gasteiger partial charge in [0.2, 0.25) is 0 Å². The Bertz CT molecular complexity index is 171. The van der Waals surface area contributed by atoms with Gasteiger partial charge < -0.3 is 10.6 Å². The fraction of sp³-hybridized carbons (Fsp3) is 0.909. The maximum absolute atomic E-state index is 10.9. The van der Waals surface area contributed by atoms with E-state index in [0.717, 1.165) is 13.0 Å². The van der Waals surface area contributed by atoms with Gasteiger partial charge in [-0.1, -0.05) is 33.6 Å². The number of carbonyl (C=O) groups excluding carboxylic acids is 1. The van der Waals surface area contributed by atoms with Crippen LogP contribution in [0.2, 0.25) is 0 Å². The van der Waals surface area contributed by atoms with Gasteiger partial charge in [-0.15, -0.1) is 0 Å². The zero-order chi connectivity index (χ0) is 11.0. The maximum Gasteiger partial charge on any atom is 0.314 e. The number of amides is 2. The maximum atomic E-state index is 10.9. The Kier molecular flexibility index (Phi) is 6.34. The fourth-order valence-electron chi connectivity index (χ4n) is 1.65. The molecule has 0 aromatic carbocycles. The average molecular weight is 200 g/mol. The van der Waals surface area contributed by atoms with Crippen LogP contribution in [0.3, 0.4) is 0 Å². The molecule has 2 amide bonds. The van der Waals surface area contributed by atoms with Crippen LogP contribution in [0.1, 0.15) is 46.5 Å². The van der Waals surface area contributed by atoms with E-state index >= 15 is 0 Å². The van der Waals surface area contributed by atoms with Crippen LogP contribution in [0.25, 0.3) is 0 Å². The fourth-order valence-corrected chi connectivity index (χ4v) is 1.65. The molecule has 0 aromatic heterocycles. The second kappa shape index (κ2) is 6.68. The molecule has 3 heteroatoms. The number of hydrogen-bond acceptors (Lipinski definition) is 1. The minimum atomic E-state index is -0.0834. The van der Waals surface area contributed by atoms with Crippen molar-refractivity contribution in [3.8, 4) is 0 Å². The van der Waals surface area contributed by atoms with Gasteiger partial charge in [-0.25, -0.2) is 4.79 Å². The zero-order valence-electron chi connectivity index (χ0n) is 9.94. The van der Waals surface area contributed by atoms with Gasteiger partial charge in [-0.05, 0) is 18.3 Å². The summed E-state index contributed by atoms with van der Waals surface area (Å²) >= 11 is 0. The SMILES string of the molecule is CCCC(C)(CC)CCNC(=O)NC. The van der Waals surface area contributed by atoms with Crippen LogP contribution >= 0.6 is 0 Å². The van der Waals surface area contributed by atoms with Crippen LogP contribution in [0.5, 0.6) is 0 Å². The van der Waals surface area contributed by atoms with Crippen LogP contribution in [0.15, 0.2) is 0 Å².